The van der Waals surface area contributed by atoms with Gasteiger partial charge < -0.3 is 9.84 Å². The number of hydrogen-bond acceptors (Lipinski definition) is 4. The Morgan fingerprint density at radius 1 is 1.14 bits per heavy atom. The van der Waals surface area contributed by atoms with Gasteiger partial charge in [-0.15, -0.1) is 0 Å². The highest BCUT2D eigenvalue weighted by atomic mass is 35.5. The van der Waals surface area contributed by atoms with Crippen LogP contribution in [0.4, 0.5) is 23.2 Å². The summed E-state index contributed by atoms with van der Waals surface area (Å²) in [7, 11) is 0. The van der Waals surface area contributed by atoms with Crippen molar-refractivity contribution in [3.05, 3.63) is 54.0 Å². The first-order valence-electron chi connectivity index (χ1n) is 7.55. The fourth-order valence-electron chi connectivity index (χ4n) is 2.37. The Hall–Kier alpha value is -2.65. The number of anilines is 1. The minimum atomic E-state index is -4.78. The molecule has 0 radical (unpaired) electrons. The molecular formula is C17H9Cl2F4N3O2. The summed E-state index contributed by atoms with van der Waals surface area (Å²) in [5.41, 5.74) is -1.86. The average Bonchev–Trinajstić information content (AvgIpc) is 3.10. The third-order valence-electron chi connectivity index (χ3n) is 3.56. The first-order chi connectivity index (χ1) is 13.2. The molecule has 11 heteroatoms. The van der Waals surface area contributed by atoms with Gasteiger partial charge in [0.1, 0.15) is 17.2 Å². The highest BCUT2D eigenvalue weighted by molar-refractivity contribution is 6.54. The van der Waals surface area contributed by atoms with Crippen molar-refractivity contribution in [2.75, 3.05) is 5.32 Å². The summed E-state index contributed by atoms with van der Waals surface area (Å²) >= 11 is 10.9. The summed E-state index contributed by atoms with van der Waals surface area (Å²) in [6, 6.07) is 6.51. The van der Waals surface area contributed by atoms with E-state index in [-0.39, 0.29) is 22.8 Å². The maximum Gasteiger partial charge on any atom is 0.417 e. The average molecular weight is 434 g/mol. The van der Waals surface area contributed by atoms with Crippen LogP contribution in [0.2, 0.25) is 0 Å². The van der Waals surface area contributed by atoms with E-state index in [9.17, 15) is 22.4 Å². The van der Waals surface area contributed by atoms with Gasteiger partial charge in [0.25, 0.3) is 5.91 Å². The zero-order valence-electron chi connectivity index (χ0n) is 13.6. The van der Waals surface area contributed by atoms with E-state index < -0.39 is 33.9 Å². The number of nitrogens with zero attached hydrogens (tertiary/aromatic N) is 2. The standard InChI is InChI=1S/C17H9Cl2F4N3O2/c18-15(19)16(27)25-8-4-5-24-11(6-8)13-7-12(26-28-13)14-9(17(21,22)23)2-1-3-10(14)20/h1-7,15H,(H,24,25,27). The van der Waals surface area contributed by atoms with Gasteiger partial charge in [0, 0.05) is 18.0 Å². The Morgan fingerprint density at radius 3 is 2.57 bits per heavy atom. The van der Waals surface area contributed by atoms with Gasteiger partial charge in [0.05, 0.1) is 11.1 Å². The number of rotatable bonds is 4. The number of amides is 1. The molecule has 146 valence electrons. The molecule has 3 aromatic rings. The molecule has 0 atom stereocenters. The highest BCUT2D eigenvalue weighted by Gasteiger charge is 2.36. The van der Waals surface area contributed by atoms with Gasteiger partial charge in [-0.25, -0.2) is 4.39 Å². The highest BCUT2D eigenvalue weighted by Crippen LogP contribution is 2.39. The summed E-state index contributed by atoms with van der Waals surface area (Å²) in [4.78, 5) is 14.2. The SMILES string of the molecule is O=C(Nc1ccnc(-c2cc(-c3c(F)cccc3C(F)(F)F)no2)c1)C(Cl)Cl. The zero-order chi connectivity index (χ0) is 20.5. The Morgan fingerprint density at radius 2 is 1.89 bits per heavy atom. The van der Waals surface area contributed by atoms with E-state index >= 15 is 0 Å². The van der Waals surface area contributed by atoms with E-state index in [4.69, 9.17) is 27.7 Å². The zero-order valence-corrected chi connectivity index (χ0v) is 15.1. The number of halogens is 6. The van der Waals surface area contributed by atoms with Crippen molar-refractivity contribution in [2.45, 2.75) is 11.0 Å². The lowest BCUT2D eigenvalue weighted by atomic mass is 10.0. The van der Waals surface area contributed by atoms with Gasteiger partial charge >= 0.3 is 6.18 Å². The van der Waals surface area contributed by atoms with Gasteiger partial charge in [-0.3, -0.25) is 9.78 Å². The smallest absolute Gasteiger partial charge is 0.354 e. The van der Waals surface area contributed by atoms with Crippen molar-refractivity contribution >= 4 is 34.8 Å². The lowest BCUT2D eigenvalue weighted by Gasteiger charge is -2.11. The number of nitrogens with one attached hydrogen (secondary N) is 1. The molecule has 0 spiro atoms. The summed E-state index contributed by atoms with van der Waals surface area (Å²) in [6.45, 7) is 0. The molecule has 1 aromatic carbocycles. The van der Waals surface area contributed by atoms with Crippen LogP contribution in [-0.4, -0.2) is 20.9 Å². The van der Waals surface area contributed by atoms with E-state index in [1.54, 1.807) is 0 Å². The van der Waals surface area contributed by atoms with Crippen LogP contribution in [0.5, 0.6) is 0 Å². The minimum Gasteiger partial charge on any atom is -0.354 e. The van der Waals surface area contributed by atoms with Crippen LogP contribution in [0.15, 0.2) is 47.1 Å². The number of carbonyl (C=O) groups excluding carboxylic acids is 1. The minimum absolute atomic E-state index is 0.0317. The topological polar surface area (TPSA) is 68.0 Å². The van der Waals surface area contributed by atoms with Crippen LogP contribution in [0.3, 0.4) is 0 Å². The van der Waals surface area contributed by atoms with Crippen LogP contribution in [-0.2, 0) is 11.0 Å². The van der Waals surface area contributed by atoms with Gasteiger partial charge in [-0.2, -0.15) is 13.2 Å². The Balaban J connectivity index is 1.98. The largest absolute Gasteiger partial charge is 0.417 e. The quantitative estimate of drug-likeness (QED) is 0.447. The van der Waals surface area contributed by atoms with Crippen LogP contribution in [0.1, 0.15) is 5.56 Å². The first-order valence-corrected chi connectivity index (χ1v) is 8.42. The van der Waals surface area contributed by atoms with Crippen molar-refractivity contribution in [3.63, 3.8) is 0 Å². The van der Waals surface area contributed by atoms with Gasteiger partial charge in [0.15, 0.2) is 10.6 Å². The number of benzene rings is 1. The molecule has 5 nitrogen and oxygen atoms in total. The number of carbonyl (C=O) groups is 1. The second kappa shape index (κ2) is 7.76. The van der Waals surface area contributed by atoms with Crippen LogP contribution >= 0.6 is 23.2 Å². The van der Waals surface area contributed by atoms with Crippen molar-refractivity contribution in [3.8, 4) is 22.7 Å². The number of hydrogen-bond donors (Lipinski definition) is 1. The first kappa shape index (κ1) is 20.1. The van der Waals surface area contributed by atoms with E-state index in [2.05, 4.69) is 15.5 Å². The van der Waals surface area contributed by atoms with Crippen molar-refractivity contribution < 1.29 is 26.9 Å². The summed E-state index contributed by atoms with van der Waals surface area (Å²) in [6.07, 6.45) is -3.46. The molecule has 0 bridgehead atoms. The third kappa shape index (κ3) is 4.26. The molecule has 0 fully saturated rings. The molecule has 2 heterocycles. The van der Waals surface area contributed by atoms with Gasteiger partial charge in [-0.05, 0) is 24.3 Å². The predicted molar refractivity (Wildman–Crippen MR) is 94.3 cm³/mol. The molecule has 2 aromatic heterocycles. The molecular weight excluding hydrogens is 425 g/mol. The predicted octanol–water partition coefficient (Wildman–Crippen LogP) is 5.30. The molecule has 1 N–H and O–H groups in total. The molecule has 0 saturated carbocycles. The van der Waals surface area contributed by atoms with Crippen LogP contribution < -0.4 is 5.32 Å². The molecule has 0 aliphatic carbocycles. The lowest BCUT2D eigenvalue weighted by Crippen LogP contribution is -2.18. The summed E-state index contributed by atoms with van der Waals surface area (Å²) in [5.74, 6) is -1.81. The normalized spacial score (nSPS) is 11.7. The van der Waals surface area contributed by atoms with E-state index in [1.807, 2.05) is 0 Å². The van der Waals surface area contributed by atoms with Crippen molar-refractivity contribution in [1.29, 1.82) is 0 Å². The third-order valence-corrected chi connectivity index (χ3v) is 3.96. The molecule has 0 aliphatic rings. The fourth-order valence-corrected chi connectivity index (χ4v) is 2.48. The number of aromatic nitrogens is 2. The monoisotopic (exact) mass is 433 g/mol. The molecule has 0 saturated heterocycles. The summed E-state index contributed by atoms with van der Waals surface area (Å²) in [5, 5.41) is 5.95. The van der Waals surface area contributed by atoms with Crippen molar-refractivity contribution in [1.82, 2.24) is 10.1 Å². The van der Waals surface area contributed by atoms with Crippen LogP contribution in [0.25, 0.3) is 22.7 Å². The van der Waals surface area contributed by atoms with Crippen LogP contribution in [0, 0.1) is 5.82 Å². The molecule has 1 amide bonds. The lowest BCUT2D eigenvalue weighted by molar-refractivity contribution is -0.137. The Labute approximate surface area is 165 Å². The van der Waals surface area contributed by atoms with Gasteiger partial charge in [-0.1, -0.05) is 34.4 Å². The maximum absolute atomic E-state index is 14.1. The molecule has 0 aliphatic heterocycles. The maximum atomic E-state index is 14.1. The van der Waals surface area contributed by atoms with E-state index in [1.165, 1.54) is 18.3 Å². The molecule has 28 heavy (non-hydrogen) atoms. The fraction of sp³-hybridized carbons (Fsp3) is 0.118. The van der Waals surface area contributed by atoms with Gasteiger partial charge in [0.2, 0.25) is 0 Å². The second-order valence-corrected chi connectivity index (χ2v) is 6.55. The molecule has 0 unspecified atom stereocenters. The second-order valence-electron chi connectivity index (χ2n) is 5.46. The van der Waals surface area contributed by atoms with E-state index in [0.717, 1.165) is 24.3 Å². The Kier molecular flexibility index (Phi) is 5.57. The number of alkyl halides is 5. The number of pyridine rings is 1. The van der Waals surface area contributed by atoms with Crippen molar-refractivity contribution in [2.24, 2.45) is 0 Å². The molecule has 3 rings (SSSR count). The van der Waals surface area contributed by atoms with E-state index in [0.29, 0.717) is 0 Å². The Bertz CT molecular complexity index is 1020. The summed E-state index contributed by atoms with van der Waals surface area (Å²) < 4.78 is 58.7.